The lowest BCUT2D eigenvalue weighted by Crippen LogP contribution is -2.58. The zero-order valence-corrected chi connectivity index (χ0v) is 26.8. The topological polar surface area (TPSA) is 94.2 Å². The van der Waals surface area contributed by atoms with Crippen LogP contribution in [0.2, 0.25) is 0 Å². The first-order valence-electron chi connectivity index (χ1n) is 17.2. The average molecular weight is 634 g/mol. The molecule has 2 heterocycles. The van der Waals surface area contributed by atoms with Gasteiger partial charge in [-0.25, -0.2) is 4.79 Å². The second kappa shape index (κ2) is 12.4. The van der Waals surface area contributed by atoms with E-state index in [1.165, 1.54) is 19.3 Å². The Balaban J connectivity index is 1.09. The number of ether oxygens (including phenoxy) is 1. The molecular formula is C38H43N5O4. The highest BCUT2D eigenvalue weighted by molar-refractivity contribution is 6.24. The van der Waals surface area contributed by atoms with E-state index >= 15 is 0 Å². The fourth-order valence-corrected chi connectivity index (χ4v) is 9.52. The monoisotopic (exact) mass is 633 g/mol. The predicted molar refractivity (Wildman–Crippen MR) is 181 cm³/mol. The van der Waals surface area contributed by atoms with Crippen molar-refractivity contribution in [3.8, 4) is 0 Å². The van der Waals surface area contributed by atoms with Crippen molar-refractivity contribution in [2.24, 2.45) is 23.2 Å². The quantitative estimate of drug-likeness (QED) is 0.315. The Morgan fingerprint density at radius 1 is 0.787 bits per heavy atom. The van der Waals surface area contributed by atoms with Gasteiger partial charge in [-0.1, -0.05) is 42.5 Å². The van der Waals surface area contributed by atoms with Gasteiger partial charge in [-0.05, 0) is 104 Å². The number of nitrogens with zero attached hydrogens (tertiary/aromatic N) is 3. The van der Waals surface area contributed by atoms with Crippen LogP contribution >= 0.6 is 0 Å². The number of rotatable bonds is 7. The van der Waals surface area contributed by atoms with Gasteiger partial charge in [0.2, 0.25) is 0 Å². The van der Waals surface area contributed by atoms with Crippen molar-refractivity contribution < 1.29 is 19.1 Å². The fraction of sp³-hybridized carbons (Fsp3) is 0.447. The maximum Gasteiger partial charge on any atom is 0.320 e. The van der Waals surface area contributed by atoms with Gasteiger partial charge >= 0.3 is 6.03 Å². The SMILES string of the molecule is O=C(Nc1cccc(CN2CCOCC2)c1)NC1C(=O)N(CC23CC4CC(CC(C4)C2)C3)c2ccccc2N(c2ccccc2)C1=O. The predicted octanol–water partition coefficient (Wildman–Crippen LogP) is 5.94. The molecule has 9 heteroatoms. The van der Waals surface area contributed by atoms with E-state index in [4.69, 9.17) is 4.74 Å². The lowest BCUT2D eigenvalue weighted by molar-refractivity contribution is -0.129. The maximum atomic E-state index is 14.7. The smallest absolute Gasteiger partial charge is 0.320 e. The van der Waals surface area contributed by atoms with Crippen LogP contribution in [0.4, 0.5) is 27.5 Å². The van der Waals surface area contributed by atoms with Crippen LogP contribution in [0.15, 0.2) is 78.9 Å². The summed E-state index contributed by atoms with van der Waals surface area (Å²) in [6.45, 7) is 4.48. The van der Waals surface area contributed by atoms with Gasteiger partial charge in [0.1, 0.15) is 0 Å². The third-order valence-corrected chi connectivity index (χ3v) is 11.0. The van der Waals surface area contributed by atoms with Crippen LogP contribution in [0.1, 0.15) is 44.1 Å². The van der Waals surface area contributed by atoms with Crippen molar-refractivity contribution in [2.75, 3.05) is 48.0 Å². The third-order valence-electron chi connectivity index (χ3n) is 11.0. The van der Waals surface area contributed by atoms with E-state index < -0.39 is 18.0 Å². The van der Waals surface area contributed by atoms with Gasteiger partial charge < -0.3 is 20.3 Å². The molecule has 5 fully saturated rings. The lowest BCUT2D eigenvalue weighted by Gasteiger charge is -2.57. The lowest BCUT2D eigenvalue weighted by atomic mass is 9.49. The van der Waals surface area contributed by atoms with Crippen molar-refractivity contribution in [3.05, 3.63) is 84.4 Å². The molecule has 4 bridgehead atoms. The molecule has 0 aromatic heterocycles. The van der Waals surface area contributed by atoms with Crippen LogP contribution in [0.3, 0.4) is 0 Å². The second-order valence-electron chi connectivity index (χ2n) is 14.5. The largest absolute Gasteiger partial charge is 0.379 e. The molecule has 47 heavy (non-hydrogen) atoms. The number of urea groups is 1. The number of fused-ring (bicyclic) bond motifs is 1. The molecule has 2 N–H and O–H groups in total. The summed E-state index contributed by atoms with van der Waals surface area (Å²) >= 11 is 0. The number of amides is 4. The van der Waals surface area contributed by atoms with Crippen LogP contribution in [0.5, 0.6) is 0 Å². The molecule has 3 aromatic carbocycles. The van der Waals surface area contributed by atoms with Gasteiger partial charge in [0.25, 0.3) is 11.8 Å². The molecule has 1 unspecified atom stereocenters. The summed E-state index contributed by atoms with van der Waals surface area (Å²) in [7, 11) is 0. The molecular weight excluding hydrogens is 590 g/mol. The van der Waals surface area contributed by atoms with Crippen molar-refractivity contribution in [2.45, 2.75) is 51.1 Å². The summed E-state index contributed by atoms with van der Waals surface area (Å²) in [5.41, 5.74) is 3.73. The van der Waals surface area contributed by atoms with Gasteiger partial charge in [-0.3, -0.25) is 19.4 Å². The van der Waals surface area contributed by atoms with E-state index in [0.717, 1.165) is 62.2 Å². The number of anilines is 4. The van der Waals surface area contributed by atoms with Crippen molar-refractivity contribution >= 4 is 40.6 Å². The van der Waals surface area contributed by atoms with Crippen LogP contribution in [0.25, 0.3) is 0 Å². The summed E-state index contributed by atoms with van der Waals surface area (Å²) in [6.07, 6.45) is 7.30. The van der Waals surface area contributed by atoms with E-state index in [-0.39, 0.29) is 11.3 Å². The minimum Gasteiger partial charge on any atom is -0.379 e. The summed E-state index contributed by atoms with van der Waals surface area (Å²) < 4.78 is 5.48. The summed E-state index contributed by atoms with van der Waals surface area (Å²) in [5, 5.41) is 5.73. The average Bonchev–Trinajstić information content (AvgIpc) is 3.14. The van der Waals surface area contributed by atoms with Crippen LogP contribution in [-0.2, 0) is 20.9 Å². The fourth-order valence-electron chi connectivity index (χ4n) is 9.52. The molecule has 6 aliphatic rings. The molecule has 3 aromatic rings. The first kappa shape index (κ1) is 30.1. The van der Waals surface area contributed by atoms with Crippen molar-refractivity contribution in [1.29, 1.82) is 0 Å². The Bertz CT molecular complexity index is 1620. The normalized spacial score (nSPS) is 28.6. The number of carbonyl (C=O) groups excluding carboxylic acids is 3. The number of nitrogens with one attached hydrogen (secondary N) is 2. The highest BCUT2D eigenvalue weighted by Gasteiger charge is 2.53. The van der Waals surface area contributed by atoms with Gasteiger partial charge in [-0.2, -0.15) is 0 Å². The van der Waals surface area contributed by atoms with Crippen LogP contribution < -0.4 is 20.4 Å². The summed E-state index contributed by atoms with van der Waals surface area (Å²) in [6, 6.07) is 22.8. The molecule has 0 spiro atoms. The molecule has 4 amide bonds. The molecule has 0 radical (unpaired) electrons. The minimum atomic E-state index is -1.40. The highest BCUT2D eigenvalue weighted by Crippen LogP contribution is 2.60. The van der Waals surface area contributed by atoms with Gasteiger partial charge in [0.05, 0.1) is 24.6 Å². The van der Waals surface area contributed by atoms with Crippen molar-refractivity contribution in [1.82, 2.24) is 10.2 Å². The van der Waals surface area contributed by atoms with Gasteiger partial charge in [0, 0.05) is 37.6 Å². The number of benzene rings is 3. The standard InChI is InChI=1S/C38H43N5O4/c44-35-34(40-37(46)39-30-8-6-7-26(20-30)24-41-13-15-47-16-14-41)36(45)43(31-9-2-1-3-10-31)33-12-5-4-11-32(33)42(35)25-38-21-27-17-28(22-38)19-29(18-27)23-38/h1-12,20,27-29,34H,13-19,21-25H2,(H2,39,40,46). The Hall–Kier alpha value is -4.21. The van der Waals surface area contributed by atoms with E-state index in [2.05, 4.69) is 15.5 Å². The van der Waals surface area contributed by atoms with Crippen LogP contribution in [-0.4, -0.2) is 61.6 Å². The molecule has 9 nitrogen and oxygen atoms in total. The van der Waals surface area contributed by atoms with E-state index in [1.807, 2.05) is 83.8 Å². The van der Waals surface area contributed by atoms with E-state index in [0.29, 0.717) is 42.5 Å². The minimum absolute atomic E-state index is 0.0379. The third kappa shape index (κ3) is 6.03. The first-order chi connectivity index (χ1) is 22.9. The van der Waals surface area contributed by atoms with Gasteiger partial charge in [-0.15, -0.1) is 0 Å². The summed E-state index contributed by atoms with van der Waals surface area (Å²) in [5.74, 6) is 1.31. The van der Waals surface area contributed by atoms with Crippen LogP contribution in [0, 0.1) is 23.2 Å². The number of hydrogen-bond donors (Lipinski definition) is 2. The molecule has 9 rings (SSSR count). The first-order valence-corrected chi connectivity index (χ1v) is 17.2. The number of carbonyl (C=O) groups is 3. The Labute approximate surface area is 276 Å². The zero-order chi connectivity index (χ0) is 32.0. The molecule has 4 aliphatic carbocycles. The molecule has 1 saturated heterocycles. The highest BCUT2D eigenvalue weighted by atomic mass is 16.5. The molecule has 4 saturated carbocycles. The summed E-state index contributed by atoms with van der Waals surface area (Å²) in [4.78, 5) is 48.6. The van der Waals surface area contributed by atoms with E-state index in [9.17, 15) is 14.4 Å². The zero-order valence-electron chi connectivity index (χ0n) is 26.8. The molecule has 1 atom stereocenters. The second-order valence-corrected chi connectivity index (χ2v) is 14.5. The van der Waals surface area contributed by atoms with Gasteiger partial charge in [0.15, 0.2) is 6.04 Å². The number of morpholine rings is 1. The van der Waals surface area contributed by atoms with E-state index in [1.54, 1.807) is 4.90 Å². The number of hydrogen-bond acceptors (Lipinski definition) is 5. The molecule has 2 aliphatic heterocycles. The Morgan fingerprint density at radius 2 is 1.45 bits per heavy atom. The number of para-hydroxylation sites is 3. The molecule has 244 valence electrons. The Kier molecular flexibility index (Phi) is 7.97. The van der Waals surface area contributed by atoms with Crippen molar-refractivity contribution in [3.63, 3.8) is 0 Å². The Morgan fingerprint density at radius 3 is 2.15 bits per heavy atom. The maximum absolute atomic E-state index is 14.7.